The molecule has 2 atom stereocenters. The maximum atomic E-state index is 14.5. The smallest absolute Gasteiger partial charge is 0.258 e. The van der Waals surface area contributed by atoms with Crippen LogP contribution in [0, 0.1) is 5.82 Å². The molecule has 12 nitrogen and oxygen atoms in total. The zero-order valence-corrected chi connectivity index (χ0v) is 28.0. The first kappa shape index (κ1) is 35.8. The zero-order valence-electron chi connectivity index (χ0n) is 28.0. The molecule has 2 aromatic carbocycles. The van der Waals surface area contributed by atoms with Crippen LogP contribution >= 0.6 is 0 Å². The summed E-state index contributed by atoms with van der Waals surface area (Å²) in [4.78, 5) is 58.2. The van der Waals surface area contributed by atoms with Crippen LogP contribution in [0.3, 0.4) is 0 Å². The largest absolute Gasteiger partial charge is 0.496 e. The van der Waals surface area contributed by atoms with Gasteiger partial charge in [-0.2, -0.15) is 0 Å². The fourth-order valence-corrected chi connectivity index (χ4v) is 5.86. The third-order valence-corrected chi connectivity index (χ3v) is 8.47. The summed E-state index contributed by atoms with van der Waals surface area (Å²) in [6.07, 6.45) is 4.55. The summed E-state index contributed by atoms with van der Waals surface area (Å²) in [5.74, 6) is -0.568. The lowest BCUT2D eigenvalue weighted by Crippen LogP contribution is -2.48. The number of carbonyl (C=O) groups is 4. The highest BCUT2D eigenvalue weighted by molar-refractivity contribution is 5.99. The number of methoxy groups -OCH3 is 2. The standard InChI is InChI=1S/C35H43FN4O8/c1-7-9-22(2)48-25-17-30(45-5)27(31(18-25)46-6)19-37-34(43)28-12-14-32(41)38(3)20-33(42)40-15-8-10-24(40)21-47-29-13-11-23(36)16-26(29)35(44)39(28)4/h7,9,11,13,16-18,24,28H,1,8,10,12,14-15,19-21H2,2-6H3,(H,37,43)/b22-9-/t24-,28-/m0/s1. The van der Waals surface area contributed by atoms with E-state index in [2.05, 4.69) is 11.9 Å². The lowest BCUT2D eigenvalue weighted by molar-refractivity contribution is -0.140. The average Bonchev–Trinajstić information content (AvgIpc) is 3.54. The Morgan fingerprint density at radius 3 is 2.46 bits per heavy atom. The Kier molecular flexibility index (Phi) is 12.0. The van der Waals surface area contributed by atoms with Crippen molar-refractivity contribution in [1.29, 1.82) is 0 Å². The van der Waals surface area contributed by atoms with Crippen molar-refractivity contribution in [2.75, 3.05) is 48.0 Å². The second-order valence-corrected chi connectivity index (χ2v) is 11.7. The third-order valence-electron chi connectivity index (χ3n) is 8.47. The molecule has 2 aromatic rings. The highest BCUT2D eigenvalue weighted by Gasteiger charge is 2.34. The predicted octanol–water partition coefficient (Wildman–Crippen LogP) is 3.69. The van der Waals surface area contributed by atoms with Gasteiger partial charge in [0.15, 0.2) is 0 Å². The van der Waals surface area contributed by atoms with E-state index in [1.54, 1.807) is 36.1 Å². The molecule has 4 amide bonds. The number of nitrogens with zero attached hydrogens (tertiary/aromatic N) is 3. The van der Waals surface area contributed by atoms with Gasteiger partial charge in [0.2, 0.25) is 17.7 Å². The fourth-order valence-electron chi connectivity index (χ4n) is 5.86. The molecule has 2 aliphatic heterocycles. The molecule has 1 N–H and O–H groups in total. The highest BCUT2D eigenvalue weighted by Crippen LogP contribution is 2.35. The molecule has 0 saturated carbocycles. The molecule has 1 saturated heterocycles. The van der Waals surface area contributed by atoms with Crippen LogP contribution in [0.5, 0.6) is 23.0 Å². The van der Waals surface area contributed by atoms with Crippen molar-refractivity contribution in [3.8, 4) is 23.0 Å². The van der Waals surface area contributed by atoms with Gasteiger partial charge < -0.3 is 39.0 Å². The quantitative estimate of drug-likeness (QED) is 0.334. The number of hydrogen-bond acceptors (Lipinski definition) is 8. The lowest BCUT2D eigenvalue weighted by atomic mass is 10.1. The second-order valence-electron chi connectivity index (χ2n) is 11.7. The number of benzene rings is 2. The van der Waals surface area contributed by atoms with Crippen molar-refractivity contribution in [1.82, 2.24) is 20.0 Å². The van der Waals surface area contributed by atoms with Gasteiger partial charge in [-0.1, -0.05) is 12.7 Å². The Bertz CT molecular complexity index is 1550. The van der Waals surface area contributed by atoms with E-state index in [9.17, 15) is 23.6 Å². The van der Waals surface area contributed by atoms with Crippen LogP contribution in [0.25, 0.3) is 0 Å². The van der Waals surface area contributed by atoms with Crippen LogP contribution in [0.15, 0.2) is 54.8 Å². The molecule has 0 aliphatic carbocycles. The topological polar surface area (TPSA) is 127 Å². The molecule has 48 heavy (non-hydrogen) atoms. The van der Waals surface area contributed by atoms with Crippen LogP contribution in [-0.2, 0) is 20.9 Å². The number of hydrogen-bond donors (Lipinski definition) is 1. The van der Waals surface area contributed by atoms with Crippen molar-refractivity contribution in [2.45, 2.75) is 51.2 Å². The second kappa shape index (κ2) is 16.2. The van der Waals surface area contributed by atoms with Gasteiger partial charge in [0.05, 0.1) is 44.5 Å². The third kappa shape index (κ3) is 8.44. The van der Waals surface area contributed by atoms with Crippen LogP contribution < -0.4 is 24.3 Å². The first-order valence-electron chi connectivity index (χ1n) is 15.7. The molecular formula is C35H43FN4O8. The number of allylic oxidation sites excluding steroid dienone is 3. The summed E-state index contributed by atoms with van der Waals surface area (Å²) < 4.78 is 37.5. The number of likely N-dealkylation sites (N-methyl/N-ethyl adjacent to an activating group) is 2. The summed E-state index contributed by atoms with van der Waals surface area (Å²) >= 11 is 0. The van der Waals surface area contributed by atoms with Crippen molar-refractivity contribution in [3.05, 3.63) is 71.8 Å². The highest BCUT2D eigenvalue weighted by atomic mass is 19.1. The SMILES string of the molecule is C=C/C=C(/C)Oc1cc(OC)c(CNC(=O)[C@@H]2CCC(=O)N(C)CC(=O)N3CCC[C@H]3COc3ccc(F)cc3C(=O)N2C)c(OC)c1. The van der Waals surface area contributed by atoms with Crippen molar-refractivity contribution in [2.24, 2.45) is 0 Å². The van der Waals surface area contributed by atoms with E-state index in [4.69, 9.17) is 18.9 Å². The monoisotopic (exact) mass is 666 g/mol. The van der Waals surface area contributed by atoms with Gasteiger partial charge in [-0.15, -0.1) is 0 Å². The molecule has 258 valence electrons. The van der Waals surface area contributed by atoms with Crippen LogP contribution in [0.4, 0.5) is 4.39 Å². The maximum absolute atomic E-state index is 14.5. The number of amides is 4. The summed E-state index contributed by atoms with van der Waals surface area (Å²) in [6, 6.07) is 5.49. The normalized spacial score (nSPS) is 19.4. The minimum atomic E-state index is -1.15. The predicted molar refractivity (Wildman–Crippen MR) is 175 cm³/mol. The number of fused-ring (bicyclic) bond motifs is 2. The summed E-state index contributed by atoms with van der Waals surface area (Å²) in [5, 5.41) is 2.84. The van der Waals surface area contributed by atoms with Gasteiger partial charge in [-0.3, -0.25) is 19.2 Å². The Balaban J connectivity index is 1.63. The number of rotatable bonds is 8. The number of nitrogens with one attached hydrogen (secondary N) is 1. The Hall–Kier alpha value is -5.07. The summed E-state index contributed by atoms with van der Waals surface area (Å²) in [7, 11) is 5.89. The molecule has 1 fully saturated rings. The minimum absolute atomic E-state index is 0.0562. The number of ether oxygens (including phenoxy) is 4. The molecule has 0 unspecified atom stereocenters. The molecule has 0 radical (unpaired) electrons. The Labute approximate surface area is 280 Å². The van der Waals surface area contributed by atoms with E-state index < -0.39 is 23.7 Å². The van der Waals surface area contributed by atoms with Crippen LogP contribution in [-0.4, -0.2) is 98.4 Å². The van der Waals surface area contributed by atoms with Crippen molar-refractivity contribution < 1.29 is 42.5 Å². The Morgan fingerprint density at radius 2 is 1.79 bits per heavy atom. The van der Waals surface area contributed by atoms with E-state index in [1.165, 1.54) is 50.2 Å². The minimum Gasteiger partial charge on any atom is -0.496 e. The number of carbonyl (C=O) groups excluding carboxylic acids is 4. The van der Waals surface area contributed by atoms with Gasteiger partial charge in [0.25, 0.3) is 5.91 Å². The molecular weight excluding hydrogens is 623 g/mol. The van der Waals surface area contributed by atoms with Crippen LogP contribution in [0.1, 0.15) is 48.5 Å². The summed E-state index contributed by atoms with van der Waals surface area (Å²) in [6.45, 7) is 5.84. The molecule has 2 aliphatic rings. The van der Waals surface area contributed by atoms with Gasteiger partial charge in [0.1, 0.15) is 47.2 Å². The first-order chi connectivity index (χ1) is 23.0. The molecule has 2 heterocycles. The molecule has 13 heteroatoms. The van der Waals surface area contributed by atoms with Crippen LogP contribution in [0.2, 0.25) is 0 Å². The van der Waals surface area contributed by atoms with Gasteiger partial charge in [-0.05, 0) is 50.5 Å². The van der Waals surface area contributed by atoms with Crippen molar-refractivity contribution in [3.63, 3.8) is 0 Å². The molecule has 0 spiro atoms. The zero-order chi connectivity index (χ0) is 35.0. The van der Waals surface area contributed by atoms with Gasteiger partial charge >= 0.3 is 0 Å². The van der Waals surface area contributed by atoms with E-state index >= 15 is 0 Å². The Morgan fingerprint density at radius 1 is 1.08 bits per heavy atom. The molecule has 4 rings (SSSR count). The molecule has 0 bridgehead atoms. The fraction of sp³-hybridized carbons (Fsp3) is 0.429. The van der Waals surface area contributed by atoms with E-state index in [0.29, 0.717) is 41.5 Å². The van der Waals surface area contributed by atoms with E-state index in [-0.39, 0.29) is 61.7 Å². The van der Waals surface area contributed by atoms with Crippen molar-refractivity contribution >= 4 is 23.6 Å². The van der Waals surface area contributed by atoms with E-state index in [0.717, 1.165) is 12.5 Å². The average molecular weight is 667 g/mol. The first-order valence-corrected chi connectivity index (χ1v) is 15.7. The maximum Gasteiger partial charge on any atom is 0.258 e. The molecule has 0 aromatic heterocycles. The van der Waals surface area contributed by atoms with Gasteiger partial charge in [-0.25, -0.2) is 4.39 Å². The summed E-state index contributed by atoms with van der Waals surface area (Å²) in [5.41, 5.74) is 0.428. The van der Waals surface area contributed by atoms with E-state index in [1.807, 2.05) is 0 Å². The lowest BCUT2D eigenvalue weighted by Gasteiger charge is -2.28. The van der Waals surface area contributed by atoms with Gasteiger partial charge in [0, 0.05) is 39.2 Å². The number of halogens is 1.